The van der Waals surface area contributed by atoms with Crippen LogP contribution in [0.5, 0.6) is 0 Å². The van der Waals surface area contributed by atoms with Gasteiger partial charge in [0.25, 0.3) is 0 Å². The molecule has 0 radical (unpaired) electrons. The molecule has 1 fully saturated rings. The van der Waals surface area contributed by atoms with Crippen molar-refractivity contribution in [3.63, 3.8) is 0 Å². The topological polar surface area (TPSA) is 68.0 Å². The van der Waals surface area contributed by atoms with Gasteiger partial charge in [0.15, 0.2) is 0 Å². The third-order valence-corrected chi connectivity index (χ3v) is 5.62. The fourth-order valence-corrected chi connectivity index (χ4v) is 3.99. The molecule has 7 nitrogen and oxygen atoms in total. The van der Waals surface area contributed by atoms with Gasteiger partial charge < -0.3 is 23.8 Å². The van der Waals surface area contributed by atoms with Crippen LogP contribution in [0.3, 0.4) is 0 Å². The Labute approximate surface area is 178 Å². The molecule has 1 aliphatic rings. The average Bonchev–Trinajstić information content (AvgIpc) is 3.17. The summed E-state index contributed by atoms with van der Waals surface area (Å²) in [6, 6.07) is 10.4. The Morgan fingerprint density at radius 1 is 1.23 bits per heavy atom. The fraction of sp³-hybridized carbons (Fsp3) is 0.565. The second kappa shape index (κ2) is 11.1. The molecular weight excluding hydrogens is 382 g/mol. The van der Waals surface area contributed by atoms with Crippen LogP contribution < -0.4 is 4.90 Å². The number of amides is 1. The first-order valence-corrected chi connectivity index (χ1v) is 10.7. The van der Waals surface area contributed by atoms with E-state index in [1.165, 1.54) is 6.42 Å². The molecule has 1 aromatic carbocycles. The van der Waals surface area contributed by atoms with Crippen LogP contribution in [-0.4, -0.2) is 62.5 Å². The number of aromatic nitrogens is 1. The monoisotopic (exact) mass is 415 g/mol. The number of rotatable bonds is 10. The molecule has 2 heterocycles. The van der Waals surface area contributed by atoms with Crippen molar-refractivity contribution in [3.8, 4) is 11.3 Å². The molecular formula is C23H33N3O4. The van der Waals surface area contributed by atoms with E-state index >= 15 is 0 Å². The van der Waals surface area contributed by atoms with Gasteiger partial charge in [0, 0.05) is 45.5 Å². The highest BCUT2D eigenvalue weighted by Crippen LogP contribution is 2.35. The Morgan fingerprint density at radius 2 is 2.03 bits per heavy atom. The molecule has 0 saturated carbocycles. The number of hydrogen-bond acceptors (Lipinski definition) is 6. The molecule has 1 amide bonds. The van der Waals surface area contributed by atoms with E-state index in [2.05, 4.69) is 17.0 Å². The summed E-state index contributed by atoms with van der Waals surface area (Å²) >= 11 is 0. The molecule has 1 atom stereocenters. The highest BCUT2D eigenvalue weighted by molar-refractivity contribution is 5.78. The number of carbonyl (C=O) groups excluding carboxylic acids is 1. The molecule has 1 aromatic heterocycles. The predicted molar refractivity (Wildman–Crippen MR) is 116 cm³/mol. The summed E-state index contributed by atoms with van der Waals surface area (Å²) in [5.74, 6) is 0.731. The van der Waals surface area contributed by atoms with Gasteiger partial charge in [-0.05, 0) is 32.6 Å². The Kier molecular flexibility index (Phi) is 8.28. The first kappa shape index (κ1) is 22.3. The smallest absolute Gasteiger partial charge is 0.248 e. The van der Waals surface area contributed by atoms with Gasteiger partial charge in [-0.15, -0.1) is 0 Å². The van der Waals surface area contributed by atoms with Crippen LogP contribution in [0.4, 0.5) is 5.88 Å². The van der Waals surface area contributed by atoms with E-state index in [0.717, 1.165) is 48.5 Å². The minimum Gasteiger partial charge on any atom is -0.385 e. The summed E-state index contributed by atoms with van der Waals surface area (Å²) in [4.78, 5) is 16.9. The SMILES string of the molecule is COCCCN(Cc1c(-c2ccccc2)noc1N1CCCC[C@H]1C)C(=O)COC. The summed E-state index contributed by atoms with van der Waals surface area (Å²) in [6.07, 6.45) is 4.24. The van der Waals surface area contributed by atoms with Crippen LogP contribution in [0.1, 0.15) is 38.2 Å². The lowest BCUT2D eigenvalue weighted by Gasteiger charge is -2.34. The van der Waals surface area contributed by atoms with Crippen molar-refractivity contribution in [3.05, 3.63) is 35.9 Å². The molecule has 1 saturated heterocycles. The van der Waals surface area contributed by atoms with Gasteiger partial charge in [-0.25, -0.2) is 0 Å². The lowest BCUT2D eigenvalue weighted by atomic mass is 10.0. The summed E-state index contributed by atoms with van der Waals surface area (Å²) in [5.41, 5.74) is 2.74. The van der Waals surface area contributed by atoms with Gasteiger partial charge in [-0.2, -0.15) is 0 Å². The Balaban J connectivity index is 1.95. The number of ether oxygens (including phenoxy) is 2. The summed E-state index contributed by atoms with van der Waals surface area (Å²) in [5, 5.41) is 4.44. The zero-order chi connectivity index (χ0) is 21.3. The zero-order valence-electron chi connectivity index (χ0n) is 18.3. The number of benzene rings is 1. The van der Waals surface area contributed by atoms with E-state index in [-0.39, 0.29) is 12.5 Å². The van der Waals surface area contributed by atoms with Crippen molar-refractivity contribution in [1.29, 1.82) is 0 Å². The molecule has 0 aliphatic carbocycles. The van der Waals surface area contributed by atoms with E-state index in [4.69, 9.17) is 14.0 Å². The van der Waals surface area contributed by atoms with E-state index in [9.17, 15) is 4.79 Å². The minimum absolute atomic E-state index is 0.0496. The maximum absolute atomic E-state index is 12.8. The zero-order valence-corrected chi connectivity index (χ0v) is 18.3. The second-order valence-corrected chi connectivity index (χ2v) is 7.81. The molecule has 7 heteroatoms. The number of piperidine rings is 1. The van der Waals surface area contributed by atoms with Gasteiger partial charge in [-0.1, -0.05) is 35.5 Å². The van der Waals surface area contributed by atoms with Crippen molar-refractivity contribution in [1.82, 2.24) is 10.1 Å². The lowest BCUT2D eigenvalue weighted by Crippen LogP contribution is -2.39. The largest absolute Gasteiger partial charge is 0.385 e. The Hall–Kier alpha value is -2.38. The number of anilines is 1. The fourth-order valence-electron chi connectivity index (χ4n) is 3.99. The maximum atomic E-state index is 12.8. The first-order valence-electron chi connectivity index (χ1n) is 10.7. The molecule has 164 valence electrons. The van der Waals surface area contributed by atoms with Gasteiger partial charge >= 0.3 is 0 Å². The van der Waals surface area contributed by atoms with Crippen LogP contribution in [0.2, 0.25) is 0 Å². The quantitative estimate of drug-likeness (QED) is 0.551. The molecule has 0 unspecified atom stereocenters. The summed E-state index contributed by atoms with van der Waals surface area (Å²) in [6.45, 7) is 4.83. The normalized spacial score (nSPS) is 16.6. The molecule has 2 aromatic rings. The van der Waals surface area contributed by atoms with Crippen molar-refractivity contribution >= 4 is 11.8 Å². The number of methoxy groups -OCH3 is 2. The standard InChI is InChI=1S/C23H33N3O4/c1-18-10-7-8-14-26(18)23-20(22(24-30-23)19-11-5-4-6-12-19)16-25(13-9-15-28-2)21(27)17-29-3/h4-6,11-12,18H,7-10,13-17H2,1-3H3/t18-/m1/s1. The van der Waals surface area contributed by atoms with Crippen molar-refractivity contribution in [2.24, 2.45) is 0 Å². The van der Waals surface area contributed by atoms with Crippen LogP contribution >= 0.6 is 0 Å². The van der Waals surface area contributed by atoms with Gasteiger partial charge in [0.1, 0.15) is 12.3 Å². The van der Waals surface area contributed by atoms with E-state index in [1.807, 2.05) is 35.2 Å². The Morgan fingerprint density at radius 3 is 2.73 bits per heavy atom. The molecule has 0 spiro atoms. The Bertz CT molecular complexity index is 793. The minimum atomic E-state index is -0.0496. The number of hydrogen-bond donors (Lipinski definition) is 0. The third kappa shape index (κ3) is 5.40. The van der Waals surface area contributed by atoms with Crippen LogP contribution in [-0.2, 0) is 20.8 Å². The van der Waals surface area contributed by atoms with Crippen LogP contribution in [0.15, 0.2) is 34.9 Å². The molecule has 3 rings (SSSR count). The van der Waals surface area contributed by atoms with Crippen molar-refractivity contribution < 1.29 is 18.8 Å². The molecule has 30 heavy (non-hydrogen) atoms. The number of carbonyl (C=O) groups is 1. The molecule has 1 aliphatic heterocycles. The van der Waals surface area contributed by atoms with Crippen LogP contribution in [0, 0.1) is 0 Å². The maximum Gasteiger partial charge on any atom is 0.248 e. The first-order chi connectivity index (χ1) is 14.7. The summed E-state index contributed by atoms with van der Waals surface area (Å²) in [7, 11) is 3.21. The second-order valence-electron chi connectivity index (χ2n) is 7.81. The van der Waals surface area contributed by atoms with Gasteiger partial charge in [-0.3, -0.25) is 4.79 Å². The third-order valence-electron chi connectivity index (χ3n) is 5.62. The highest BCUT2D eigenvalue weighted by Gasteiger charge is 2.29. The van der Waals surface area contributed by atoms with Gasteiger partial charge in [0.05, 0.1) is 12.1 Å². The molecule has 0 N–H and O–H groups in total. The van der Waals surface area contributed by atoms with Gasteiger partial charge in [0.2, 0.25) is 11.8 Å². The van der Waals surface area contributed by atoms with E-state index in [1.54, 1.807) is 14.2 Å². The average molecular weight is 416 g/mol. The van der Waals surface area contributed by atoms with E-state index < -0.39 is 0 Å². The predicted octanol–water partition coefficient (Wildman–Crippen LogP) is 3.73. The lowest BCUT2D eigenvalue weighted by molar-refractivity contribution is -0.135. The van der Waals surface area contributed by atoms with E-state index in [0.29, 0.717) is 25.7 Å². The summed E-state index contributed by atoms with van der Waals surface area (Å²) < 4.78 is 16.2. The number of nitrogens with zero attached hydrogens (tertiary/aromatic N) is 3. The molecule has 0 bridgehead atoms. The highest BCUT2D eigenvalue weighted by atomic mass is 16.5. The van der Waals surface area contributed by atoms with Crippen molar-refractivity contribution in [2.45, 2.75) is 45.2 Å². The van der Waals surface area contributed by atoms with Crippen molar-refractivity contribution in [2.75, 3.05) is 45.4 Å². The van der Waals surface area contributed by atoms with Crippen LogP contribution in [0.25, 0.3) is 11.3 Å².